The van der Waals surface area contributed by atoms with Crippen LogP contribution in [0.3, 0.4) is 0 Å². The normalized spacial score (nSPS) is 14.5. The highest BCUT2D eigenvalue weighted by Crippen LogP contribution is 2.21. The van der Waals surface area contributed by atoms with Gasteiger partial charge in [-0.15, -0.1) is 0 Å². The highest BCUT2D eigenvalue weighted by atomic mass is 16.1. The zero-order valence-corrected chi connectivity index (χ0v) is 7.85. The Hall–Kier alpha value is -1.31. The monoisotopic (exact) mass is 174 g/mol. The highest BCUT2D eigenvalue weighted by Gasteiger charge is 2.18. The van der Waals surface area contributed by atoms with Crippen molar-refractivity contribution in [2.75, 3.05) is 0 Å². The average Bonchev–Trinajstić information content (AvgIpc) is 2.47. The van der Waals surface area contributed by atoms with E-state index in [2.05, 4.69) is 25.2 Å². The molecule has 1 aromatic rings. The molecule has 1 N–H and O–H groups in total. The fourth-order valence-electron chi connectivity index (χ4n) is 1.54. The fourth-order valence-corrected chi connectivity index (χ4v) is 1.54. The summed E-state index contributed by atoms with van der Waals surface area (Å²) in [4.78, 5) is 11.2. The van der Waals surface area contributed by atoms with Gasteiger partial charge in [-0.25, -0.2) is 0 Å². The predicted molar refractivity (Wildman–Crippen MR) is 51.3 cm³/mol. The molecule has 1 heterocycles. The quantitative estimate of drug-likeness (QED) is 0.692. The van der Waals surface area contributed by atoms with Crippen LogP contribution in [-0.4, -0.2) is 5.91 Å². The van der Waals surface area contributed by atoms with E-state index in [4.69, 9.17) is 0 Å². The maximum atomic E-state index is 11.2. The van der Waals surface area contributed by atoms with Crippen LogP contribution in [-0.2, 0) is 6.54 Å². The Morgan fingerprint density at radius 3 is 2.85 bits per heavy atom. The van der Waals surface area contributed by atoms with E-state index in [1.165, 1.54) is 11.5 Å². The van der Waals surface area contributed by atoms with E-state index in [1.807, 2.05) is 12.1 Å². The first-order chi connectivity index (χ1) is 6.18. The third kappa shape index (κ3) is 1.32. The maximum Gasteiger partial charge on any atom is 0.251 e. The van der Waals surface area contributed by atoms with Crippen LogP contribution in [0.25, 0.3) is 0 Å². The van der Waals surface area contributed by atoms with Crippen LogP contribution in [0.1, 0.15) is 35.3 Å². The molecule has 2 rings (SSSR count). The van der Waals surface area contributed by atoms with Crippen LogP contribution in [0.2, 0.25) is 0 Å². The lowest BCUT2D eigenvalue weighted by Gasteiger charge is -2.05. The first-order valence-corrected chi connectivity index (χ1v) is 4.40. The van der Waals surface area contributed by atoms with Crippen molar-refractivity contribution in [2.45, 2.75) is 20.4 Å². The van der Waals surface area contributed by atoms with Gasteiger partial charge in [-0.3, -0.25) is 4.79 Å². The second-order valence-electron chi connectivity index (χ2n) is 3.55. The standard InChI is InChI=1S/C11H12NO/c1-7(2)8-3-4-10-9(5-8)6-12-11(10)13/h3-5H,6H2,1-2H3,(H,12,13). The molecule has 0 atom stereocenters. The van der Waals surface area contributed by atoms with Gasteiger partial charge in [0.15, 0.2) is 0 Å². The summed E-state index contributed by atoms with van der Waals surface area (Å²) in [7, 11) is 0. The number of hydrogen-bond acceptors (Lipinski definition) is 1. The largest absolute Gasteiger partial charge is 0.348 e. The van der Waals surface area contributed by atoms with Gasteiger partial charge in [-0.2, -0.15) is 0 Å². The van der Waals surface area contributed by atoms with Crippen molar-refractivity contribution in [3.8, 4) is 0 Å². The average molecular weight is 174 g/mol. The lowest BCUT2D eigenvalue weighted by atomic mass is 9.98. The fraction of sp³-hybridized carbons (Fsp3) is 0.273. The summed E-state index contributed by atoms with van der Waals surface area (Å²) in [5, 5.41) is 2.80. The molecule has 0 unspecified atom stereocenters. The summed E-state index contributed by atoms with van der Waals surface area (Å²) < 4.78 is 0. The van der Waals surface area contributed by atoms with Gasteiger partial charge < -0.3 is 5.32 Å². The molecular formula is C11H12NO. The van der Waals surface area contributed by atoms with Crippen molar-refractivity contribution in [1.82, 2.24) is 5.32 Å². The van der Waals surface area contributed by atoms with E-state index in [0.717, 1.165) is 11.1 Å². The van der Waals surface area contributed by atoms with Gasteiger partial charge in [-0.1, -0.05) is 26.0 Å². The third-order valence-electron chi connectivity index (χ3n) is 2.37. The molecule has 1 aromatic carbocycles. The van der Waals surface area contributed by atoms with Crippen LogP contribution in [0.5, 0.6) is 0 Å². The van der Waals surface area contributed by atoms with Gasteiger partial charge in [0.1, 0.15) is 0 Å². The van der Waals surface area contributed by atoms with Crippen LogP contribution in [0, 0.1) is 5.92 Å². The molecule has 0 saturated heterocycles. The molecule has 0 aliphatic carbocycles. The summed E-state index contributed by atoms with van der Waals surface area (Å²) in [6.45, 7) is 4.83. The van der Waals surface area contributed by atoms with Crippen molar-refractivity contribution < 1.29 is 4.79 Å². The Kier molecular flexibility index (Phi) is 1.83. The summed E-state index contributed by atoms with van der Waals surface area (Å²) in [5.41, 5.74) is 3.16. The molecule has 2 heteroatoms. The summed E-state index contributed by atoms with van der Waals surface area (Å²) in [6.07, 6.45) is 0. The van der Waals surface area contributed by atoms with Crippen LogP contribution in [0.4, 0.5) is 0 Å². The van der Waals surface area contributed by atoms with E-state index in [0.29, 0.717) is 6.54 Å². The topological polar surface area (TPSA) is 29.1 Å². The number of rotatable bonds is 1. The zero-order chi connectivity index (χ0) is 9.42. The molecule has 1 aliphatic heterocycles. The summed E-state index contributed by atoms with van der Waals surface area (Å²) in [5.74, 6) is 1.33. The lowest BCUT2D eigenvalue weighted by molar-refractivity contribution is 0.0966. The number of amides is 1. The minimum Gasteiger partial charge on any atom is -0.348 e. The molecule has 0 bridgehead atoms. The van der Waals surface area contributed by atoms with E-state index in [-0.39, 0.29) is 5.91 Å². The van der Waals surface area contributed by atoms with Gasteiger partial charge in [0.05, 0.1) is 0 Å². The second-order valence-corrected chi connectivity index (χ2v) is 3.55. The number of nitrogens with one attached hydrogen (secondary N) is 1. The number of carbonyl (C=O) groups excluding carboxylic acids is 1. The van der Waals surface area contributed by atoms with Gasteiger partial charge >= 0.3 is 0 Å². The molecule has 1 radical (unpaired) electrons. The van der Waals surface area contributed by atoms with Gasteiger partial charge in [0.2, 0.25) is 0 Å². The number of benzene rings is 1. The van der Waals surface area contributed by atoms with Gasteiger partial charge in [0, 0.05) is 12.1 Å². The first kappa shape index (κ1) is 8.30. The Morgan fingerprint density at radius 1 is 1.38 bits per heavy atom. The van der Waals surface area contributed by atoms with E-state index >= 15 is 0 Å². The highest BCUT2D eigenvalue weighted by molar-refractivity contribution is 5.98. The summed E-state index contributed by atoms with van der Waals surface area (Å²) in [6, 6.07) is 5.99. The summed E-state index contributed by atoms with van der Waals surface area (Å²) >= 11 is 0. The maximum absolute atomic E-state index is 11.2. The van der Waals surface area contributed by atoms with Crippen molar-refractivity contribution in [3.05, 3.63) is 40.8 Å². The number of hydrogen-bond donors (Lipinski definition) is 1. The third-order valence-corrected chi connectivity index (χ3v) is 2.37. The van der Waals surface area contributed by atoms with Crippen molar-refractivity contribution >= 4 is 5.91 Å². The van der Waals surface area contributed by atoms with E-state index in [1.54, 1.807) is 0 Å². The van der Waals surface area contributed by atoms with Crippen molar-refractivity contribution in [1.29, 1.82) is 0 Å². The van der Waals surface area contributed by atoms with Gasteiger partial charge in [0.25, 0.3) is 5.91 Å². The van der Waals surface area contributed by atoms with Crippen molar-refractivity contribution in [2.24, 2.45) is 0 Å². The molecule has 0 fully saturated rings. The van der Waals surface area contributed by atoms with Crippen LogP contribution in [0.15, 0.2) is 18.2 Å². The van der Waals surface area contributed by atoms with Gasteiger partial charge in [-0.05, 0) is 23.1 Å². The minimum absolute atomic E-state index is 0.0512. The van der Waals surface area contributed by atoms with E-state index in [9.17, 15) is 4.79 Å². The van der Waals surface area contributed by atoms with Crippen LogP contribution >= 0.6 is 0 Å². The molecule has 0 aromatic heterocycles. The Balaban J connectivity index is 2.45. The molecule has 2 nitrogen and oxygen atoms in total. The molecule has 67 valence electrons. The Morgan fingerprint density at radius 2 is 2.15 bits per heavy atom. The first-order valence-electron chi connectivity index (χ1n) is 4.40. The molecule has 1 aliphatic rings. The Labute approximate surface area is 78.0 Å². The SMILES string of the molecule is C[C](C)c1ccc2c(c1)CNC2=O. The number of fused-ring (bicyclic) bond motifs is 1. The smallest absolute Gasteiger partial charge is 0.251 e. The van der Waals surface area contributed by atoms with E-state index < -0.39 is 0 Å². The zero-order valence-electron chi connectivity index (χ0n) is 7.85. The molecule has 13 heavy (non-hydrogen) atoms. The minimum atomic E-state index is 0.0512. The predicted octanol–water partition coefficient (Wildman–Crippen LogP) is 1.89. The van der Waals surface area contributed by atoms with Crippen molar-refractivity contribution in [3.63, 3.8) is 0 Å². The second kappa shape index (κ2) is 2.87. The molecular weight excluding hydrogens is 162 g/mol. The molecule has 1 amide bonds. The molecule has 0 saturated carbocycles. The molecule has 0 spiro atoms. The Bertz CT molecular complexity index is 355. The van der Waals surface area contributed by atoms with Crippen LogP contribution < -0.4 is 5.32 Å². The number of carbonyl (C=O) groups is 1. The lowest BCUT2D eigenvalue weighted by Crippen LogP contribution is -2.12.